The minimum absolute atomic E-state index is 0.145. The summed E-state index contributed by atoms with van der Waals surface area (Å²) in [4.78, 5) is 10.6. The van der Waals surface area contributed by atoms with Gasteiger partial charge in [0.25, 0.3) is 0 Å². The van der Waals surface area contributed by atoms with Crippen LogP contribution in [0.2, 0.25) is 0 Å². The van der Waals surface area contributed by atoms with Gasteiger partial charge < -0.3 is 9.84 Å². The normalized spacial score (nSPS) is 32.7. The Morgan fingerprint density at radius 3 is 2.80 bits per heavy atom. The molecule has 1 fully saturated rings. The van der Waals surface area contributed by atoms with Gasteiger partial charge in [0.15, 0.2) is 0 Å². The maximum atomic E-state index is 10.6. The maximum absolute atomic E-state index is 10.6. The Balaban J connectivity index is 2.73. The molecular formula is C5H8ClNO3. The lowest BCUT2D eigenvalue weighted by atomic mass is 10.1. The molecule has 1 saturated heterocycles. The van der Waals surface area contributed by atoms with Gasteiger partial charge in [0.1, 0.15) is 12.1 Å². The molecular weight excluding hydrogens is 158 g/mol. The van der Waals surface area contributed by atoms with Crippen LogP contribution in [-0.4, -0.2) is 34.4 Å². The summed E-state index contributed by atoms with van der Waals surface area (Å²) in [6, 6.07) is 0. The molecule has 1 aliphatic rings. The zero-order chi connectivity index (χ0) is 7.78. The molecule has 4 nitrogen and oxygen atoms in total. The molecule has 0 aromatic rings. The second-order valence-electron chi connectivity index (χ2n) is 2.49. The van der Waals surface area contributed by atoms with Crippen LogP contribution in [0.15, 0.2) is 0 Å². The number of cyclic esters (lactones) is 1. The van der Waals surface area contributed by atoms with Crippen LogP contribution in [0.4, 0.5) is 4.79 Å². The number of nitrogens with zero attached hydrogens (tertiary/aromatic N) is 1. The van der Waals surface area contributed by atoms with Gasteiger partial charge in [0.2, 0.25) is 0 Å². The Hall–Kier alpha value is -0.480. The topological polar surface area (TPSA) is 49.8 Å². The number of ether oxygens (including phenoxy) is 1. The van der Waals surface area contributed by atoms with Gasteiger partial charge in [-0.15, -0.1) is 0 Å². The SMILES string of the molecule is CC1(CO)COC(=O)N1Cl. The fourth-order valence-electron chi connectivity index (χ4n) is 0.659. The lowest BCUT2D eigenvalue weighted by Gasteiger charge is -2.22. The van der Waals surface area contributed by atoms with Crippen LogP contribution in [0.3, 0.4) is 0 Å². The lowest BCUT2D eigenvalue weighted by molar-refractivity contribution is 0.140. The van der Waals surface area contributed by atoms with Crippen LogP contribution >= 0.6 is 11.8 Å². The third-order valence-electron chi connectivity index (χ3n) is 1.48. The van der Waals surface area contributed by atoms with Crippen molar-refractivity contribution >= 4 is 17.9 Å². The highest BCUT2D eigenvalue weighted by atomic mass is 35.5. The predicted octanol–water partition coefficient (Wildman–Crippen LogP) is 0.343. The van der Waals surface area contributed by atoms with Crippen molar-refractivity contribution < 1.29 is 14.6 Å². The molecule has 1 heterocycles. The first-order valence-electron chi connectivity index (χ1n) is 2.84. The third-order valence-corrected chi connectivity index (χ3v) is 2.03. The van der Waals surface area contributed by atoms with Crippen molar-refractivity contribution in [2.75, 3.05) is 13.2 Å². The summed E-state index contributed by atoms with van der Waals surface area (Å²) in [5.41, 5.74) is -0.751. The standard InChI is InChI=1S/C5H8ClNO3/c1-5(2-8)3-10-4(9)7(5)6/h8H,2-3H2,1H3. The smallest absolute Gasteiger partial charge is 0.425 e. The number of carbonyl (C=O) groups excluding carboxylic acids is 1. The molecule has 0 aromatic carbocycles. The number of halogens is 1. The Labute approximate surface area is 63.4 Å². The molecule has 0 radical (unpaired) electrons. The van der Waals surface area contributed by atoms with Gasteiger partial charge in [-0.2, -0.15) is 0 Å². The Morgan fingerprint density at radius 1 is 2.00 bits per heavy atom. The number of rotatable bonds is 1. The van der Waals surface area contributed by atoms with Crippen molar-refractivity contribution in [1.29, 1.82) is 0 Å². The second-order valence-corrected chi connectivity index (χ2v) is 2.83. The van der Waals surface area contributed by atoms with Crippen molar-refractivity contribution in [2.24, 2.45) is 0 Å². The van der Waals surface area contributed by atoms with E-state index in [2.05, 4.69) is 4.74 Å². The fourth-order valence-corrected chi connectivity index (χ4v) is 0.810. The summed E-state index contributed by atoms with van der Waals surface area (Å²) < 4.78 is 5.45. The van der Waals surface area contributed by atoms with E-state index < -0.39 is 11.6 Å². The largest absolute Gasteiger partial charge is 0.446 e. The molecule has 10 heavy (non-hydrogen) atoms. The van der Waals surface area contributed by atoms with Gasteiger partial charge >= 0.3 is 6.09 Å². The molecule has 1 rings (SSSR count). The highest BCUT2D eigenvalue weighted by molar-refractivity contribution is 6.21. The summed E-state index contributed by atoms with van der Waals surface area (Å²) >= 11 is 5.47. The van der Waals surface area contributed by atoms with Crippen molar-refractivity contribution in [2.45, 2.75) is 12.5 Å². The summed E-state index contributed by atoms with van der Waals surface area (Å²) in [6.45, 7) is 1.60. The van der Waals surface area contributed by atoms with E-state index in [0.717, 1.165) is 4.42 Å². The summed E-state index contributed by atoms with van der Waals surface area (Å²) in [5, 5.41) is 8.76. The molecule has 1 aliphatic heterocycles. The van der Waals surface area contributed by atoms with Gasteiger partial charge in [-0.25, -0.2) is 9.21 Å². The lowest BCUT2D eigenvalue weighted by Crippen LogP contribution is -2.41. The van der Waals surface area contributed by atoms with Gasteiger partial charge in [-0.3, -0.25) is 0 Å². The van der Waals surface area contributed by atoms with Crippen LogP contribution in [0.25, 0.3) is 0 Å². The molecule has 0 aliphatic carbocycles. The van der Waals surface area contributed by atoms with Crippen LogP contribution in [0.5, 0.6) is 0 Å². The molecule has 58 valence electrons. The predicted molar refractivity (Wildman–Crippen MR) is 34.5 cm³/mol. The zero-order valence-electron chi connectivity index (χ0n) is 5.50. The molecule has 5 heteroatoms. The molecule has 1 amide bonds. The summed E-state index contributed by atoms with van der Waals surface area (Å²) in [6.07, 6.45) is -0.599. The first kappa shape index (κ1) is 7.63. The first-order valence-corrected chi connectivity index (χ1v) is 3.17. The Kier molecular flexibility index (Phi) is 1.74. The zero-order valence-corrected chi connectivity index (χ0v) is 6.26. The highest BCUT2D eigenvalue weighted by Crippen LogP contribution is 2.25. The molecule has 0 bridgehead atoms. The van der Waals surface area contributed by atoms with E-state index in [9.17, 15) is 4.79 Å². The van der Waals surface area contributed by atoms with Crippen LogP contribution in [0.1, 0.15) is 6.92 Å². The van der Waals surface area contributed by atoms with Gasteiger partial charge in [-0.05, 0) is 6.92 Å². The molecule has 0 spiro atoms. The van der Waals surface area contributed by atoms with E-state index in [-0.39, 0.29) is 13.2 Å². The number of carbonyl (C=O) groups is 1. The monoisotopic (exact) mass is 165 g/mol. The van der Waals surface area contributed by atoms with Crippen molar-refractivity contribution in [3.05, 3.63) is 0 Å². The van der Waals surface area contributed by atoms with Crippen molar-refractivity contribution in [3.8, 4) is 0 Å². The summed E-state index contributed by atoms with van der Waals surface area (Å²) in [5.74, 6) is 0. The van der Waals surface area contributed by atoms with Crippen LogP contribution in [-0.2, 0) is 4.74 Å². The number of aliphatic hydroxyl groups is 1. The second kappa shape index (κ2) is 2.29. The van der Waals surface area contributed by atoms with Gasteiger partial charge in [0, 0.05) is 11.8 Å². The van der Waals surface area contributed by atoms with Crippen LogP contribution in [0, 0.1) is 0 Å². The first-order chi connectivity index (χ1) is 4.60. The van der Waals surface area contributed by atoms with E-state index in [1.807, 2.05) is 0 Å². The molecule has 1 atom stereocenters. The van der Waals surface area contributed by atoms with Gasteiger partial charge in [-0.1, -0.05) is 0 Å². The van der Waals surface area contributed by atoms with E-state index in [1.54, 1.807) is 6.92 Å². The van der Waals surface area contributed by atoms with Crippen molar-refractivity contribution in [3.63, 3.8) is 0 Å². The Morgan fingerprint density at radius 2 is 2.60 bits per heavy atom. The quantitative estimate of drug-likeness (QED) is 0.571. The third kappa shape index (κ3) is 0.932. The minimum Gasteiger partial charge on any atom is -0.446 e. The van der Waals surface area contributed by atoms with Crippen LogP contribution < -0.4 is 0 Å². The van der Waals surface area contributed by atoms with E-state index in [1.165, 1.54) is 0 Å². The minimum atomic E-state index is -0.751. The maximum Gasteiger partial charge on any atom is 0.425 e. The van der Waals surface area contributed by atoms with E-state index in [0.29, 0.717) is 0 Å². The van der Waals surface area contributed by atoms with Crippen molar-refractivity contribution in [1.82, 2.24) is 4.42 Å². The Bertz CT molecular complexity index is 163. The van der Waals surface area contributed by atoms with E-state index >= 15 is 0 Å². The number of aliphatic hydroxyl groups excluding tert-OH is 1. The average Bonchev–Trinajstić information content (AvgIpc) is 2.19. The van der Waals surface area contributed by atoms with E-state index in [4.69, 9.17) is 16.9 Å². The summed E-state index contributed by atoms with van der Waals surface area (Å²) in [7, 11) is 0. The molecule has 0 aromatic heterocycles. The molecule has 0 saturated carbocycles. The molecule has 1 N–H and O–H groups in total. The average molecular weight is 166 g/mol. The highest BCUT2D eigenvalue weighted by Gasteiger charge is 2.42. The van der Waals surface area contributed by atoms with Gasteiger partial charge in [0.05, 0.1) is 6.61 Å². The number of hydrogen-bond donors (Lipinski definition) is 1. The number of hydrogen-bond acceptors (Lipinski definition) is 3. The molecule has 1 unspecified atom stereocenters. The number of amides is 1. The fraction of sp³-hybridized carbons (Fsp3) is 0.800.